The van der Waals surface area contributed by atoms with Crippen molar-refractivity contribution in [1.29, 1.82) is 0 Å². The lowest BCUT2D eigenvalue weighted by Gasteiger charge is -2.23. The van der Waals surface area contributed by atoms with Crippen molar-refractivity contribution in [2.45, 2.75) is 38.9 Å². The molecule has 22 heavy (non-hydrogen) atoms. The third-order valence-electron chi connectivity index (χ3n) is 4.01. The van der Waals surface area contributed by atoms with Crippen LogP contribution in [0.15, 0.2) is 22.6 Å². The minimum absolute atomic E-state index is 0.0113. The van der Waals surface area contributed by atoms with Crippen molar-refractivity contribution >= 4 is 16.3 Å². The number of nitrogens with one attached hydrogen (secondary N) is 1. The predicted octanol–water partition coefficient (Wildman–Crippen LogP) is 0.761. The van der Waals surface area contributed by atoms with E-state index in [4.69, 9.17) is 0 Å². The largest absolute Gasteiger partial charge is 0.307 e. The highest BCUT2D eigenvalue weighted by Gasteiger charge is 2.19. The Kier molecular flexibility index (Phi) is 3.27. The second kappa shape index (κ2) is 5.29. The third kappa shape index (κ3) is 2.34. The van der Waals surface area contributed by atoms with Crippen LogP contribution in [0.3, 0.4) is 0 Å². The van der Waals surface area contributed by atoms with Crippen LogP contribution in [0.2, 0.25) is 0 Å². The number of fused-ring (bicyclic) bond motifs is 2. The maximum Gasteiger partial charge on any atom is 0.259 e. The summed E-state index contributed by atoms with van der Waals surface area (Å²) in [7, 11) is 0. The monoisotopic (exact) mass is 316 g/mol. The summed E-state index contributed by atoms with van der Waals surface area (Å²) in [4.78, 5) is 21.7. The summed E-state index contributed by atoms with van der Waals surface area (Å²) in [5.74, 6) is 1.05. The van der Waals surface area contributed by atoms with Gasteiger partial charge in [-0.2, -0.15) is 5.10 Å². The summed E-state index contributed by atoms with van der Waals surface area (Å²) in [5, 5.41) is 9.64. The summed E-state index contributed by atoms with van der Waals surface area (Å²) >= 11 is 1.50. The van der Waals surface area contributed by atoms with Gasteiger partial charge in [-0.05, 0) is 13.3 Å². The first kappa shape index (κ1) is 13.6. The lowest BCUT2D eigenvalue weighted by molar-refractivity contribution is 0.357. The van der Waals surface area contributed by atoms with Crippen LogP contribution in [0.4, 0.5) is 0 Å². The van der Waals surface area contributed by atoms with E-state index >= 15 is 0 Å². The summed E-state index contributed by atoms with van der Waals surface area (Å²) in [6.07, 6.45) is 3.56. The van der Waals surface area contributed by atoms with Crippen LogP contribution in [0.25, 0.3) is 4.96 Å². The molecule has 1 N–H and O–H groups in total. The van der Waals surface area contributed by atoms with E-state index in [1.54, 1.807) is 16.8 Å². The van der Waals surface area contributed by atoms with Gasteiger partial charge in [0.15, 0.2) is 4.96 Å². The fraction of sp³-hybridized carbons (Fsp3) is 0.429. The first-order valence-electron chi connectivity index (χ1n) is 7.27. The topological polar surface area (TPSA) is 77.1 Å². The van der Waals surface area contributed by atoms with Gasteiger partial charge in [0.25, 0.3) is 5.56 Å². The van der Waals surface area contributed by atoms with Gasteiger partial charge in [-0.1, -0.05) is 0 Å². The molecule has 3 aromatic heterocycles. The predicted molar refractivity (Wildman–Crippen MR) is 83.0 cm³/mol. The van der Waals surface area contributed by atoms with Crippen molar-refractivity contribution in [3.8, 4) is 0 Å². The number of thiazole rings is 1. The molecule has 8 heteroatoms. The van der Waals surface area contributed by atoms with Crippen LogP contribution in [-0.2, 0) is 19.5 Å². The molecule has 0 bridgehead atoms. The van der Waals surface area contributed by atoms with Gasteiger partial charge in [-0.3, -0.25) is 9.20 Å². The van der Waals surface area contributed by atoms with E-state index in [1.807, 2.05) is 17.0 Å². The normalized spacial score (nSPS) is 17.8. The smallest absolute Gasteiger partial charge is 0.259 e. The molecule has 1 unspecified atom stereocenters. The molecular formula is C14H16N6OS. The number of hydrogen-bond donors (Lipinski definition) is 1. The first-order chi connectivity index (χ1) is 10.7. The lowest BCUT2D eigenvalue weighted by atomic mass is 10.1. The van der Waals surface area contributed by atoms with Crippen LogP contribution in [-0.4, -0.2) is 30.2 Å². The Hall–Kier alpha value is -2.06. The Bertz CT molecular complexity index is 879. The van der Waals surface area contributed by atoms with Crippen LogP contribution in [0.5, 0.6) is 0 Å². The van der Waals surface area contributed by atoms with Crippen molar-refractivity contribution in [1.82, 2.24) is 29.5 Å². The van der Waals surface area contributed by atoms with Crippen molar-refractivity contribution in [3.05, 3.63) is 45.3 Å². The molecule has 0 fully saturated rings. The molecule has 0 saturated heterocycles. The summed E-state index contributed by atoms with van der Waals surface area (Å²) in [6.45, 7) is 3.33. The van der Waals surface area contributed by atoms with Crippen molar-refractivity contribution < 1.29 is 0 Å². The van der Waals surface area contributed by atoms with Gasteiger partial charge in [0, 0.05) is 36.1 Å². The summed E-state index contributed by atoms with van der Waals surface area (Å²) in [5.41, 5.74) is 1.71. The third-order valence-corrected chi connectivity index (χ3v) is 4.95. The van der Waals surface area contributed by atoms with Crippen LogP contribution < -0.4 is 10.9 Å². The average Bonchev–Trinajstić information content (AvgIpc) is 3.11. The second-order valence-corrected chi connectivity index (χ2v) is 6.39. The lowest BCUT2D eigenvalue weighted by Crippen LogP contribution is -2.37. The molecular weight excluding hydrogens is 300 g/mol. The Morgan fingerprint density at radius 1 is 1.50 bits per heavy atom. The van der Waals surface area contributed by atoms with Gasteiger partial charge >= 0.3 is 0 Å². The van der Waals surface area contributed by atoms with E-state index in [0.29, 0.717) is 12.6 Å². The first-order valence-corrected chi connectivity index (χ1v) is 8.15. The Morgan fingerprint density at radius 3 is 3.32 bits per heavy atom. The fourth-order valence-electron chi connectivity index (χ4n) is 2.84. The molecule has 7 nitrogen and oxygen atoms in total. The van der Waals surface area contributed by atoms with Gasteiger partial charge in [-0.25, -0.2) is 14.6 Å². The zero-order chi connectivity index (χ0) is 15.1. The van der Waals surface area contributed by atoms with Gasteiger partial charge in [0.2, 0.25) is 0 Å². The molecule has 1 atom stereocenters. The molecule has 4 rings (SSSR count). The highest BCUT2D eigenvalue weighted by atomic mass is 32.1. The molecule has 0 aromatic carbocycles. The highest BCUT2D eigenvalue weighted by Crippen LogP contribution is 2.13. The molecule has 0 spiro atoms. The summed E-state index contributed by atoms with van der Waals surface area (Å²) < 4.78 is 3.59. The van der Waals surface area contributed by atoms with E-state index in [1.165, 1.54) is 11.3 Å². The molecule has 0 radical (unpaired) electrons. The van der Waals surface area contributed by atoms with Crippen molar-refractivity contribution in [2.24, 2.45) is 0 Å². The number of nitrogens with zero attached hydrogens (tertiary/aromatic N) is 5. The number of aryl methyl sites for hydroxylation is 2. The number of hydrogen-bond acceptors (Lipinski definition) is 6. The maximum absolute atomic E-state index is 12.1. The van der Waals surface area contributed by atoms with Crippen molar-refractivity contribution in [3.63, 3.8) is 0 Å². The zero-order valence-electron chi connectivity index (χ0n) is 12.2. The SMILES string of the molecule is Cc1csc2nc(CNC3CCc4ncnn4C3)cc(=O)n12. The Labute approximate surface area is 130 Å². The summed E-state index contributed by atoms with van der Waals surface area (Å²) in [6, 6.07) is 1.95. The Morgan fingerprint density at radius 2 is 2.41 bits per heavy atom. The quantitative estimate of drug-likeness (QED) is 0.772. The van der Waals surface area contributed by atoms with Gasteiger partial charge < -0.3 is 5.32 Å². The molecule has 114 valence electrons. The Balaban J connectivity index is 1.49. The van der Waals surface area contributed by atoms with Gasteiger partial charge in [-0.15, -0.1) is 11.3 Å². The van der Waals surface area contributed by atoms with E-state index < -0.39 is 0 Å². The molecule has 1 aliphatic rings. The minimum Gasteiger partial charge on any atom is -0.307 e. The minimum atomic E-state index is -0.0113. The van der Waals surface area contributed by atoms with Crippen LogP contribution >= 0.6 is 11.3 Å². The van der Waals surface area contributed by atoms with Crippen LogP contribution in [0.1, 0.15) is 23.6 Å². The van der Waals surface area contributed by atoms with E-state index in [2.05, 4.69) is 20.4 Å². The molecule has 0 amide bonds. The maximum atomic E-state index is 12.1. The van der Waals surface area contributed by atoms with E-state index in [0.717, 1.165) is 41.6 Å². The van der Waals surface area contributed by atoms with Crippen molar-refractivity contribution in [2.75, 3.05) is 0 Å². The molecule has 0 aliphatic carbocycles. The molecule has 0 saturated carbocycles. The average molecular weight is 316 g/mol. The van der Waals surface area contributed by atoms with Crippen LogP contribution in [0, 0.1) is 6.92 Å². The van der Waals surface area contributed by atoms with Gasteiger partial charge in [0.1, 0.15) is 12.2 Å². The standard InChI is InChI=1S/C14H16N6OS/c1-9-7-22-14-18-11(4-13(21)20(9)14)5-15-10-2-3-12-16-8-17-19(12)6-10/h4,7-8,10,15H,2-3,5-6H2,1H3. The molecule has 3 aromatic rings. The van der Waals surface area contributed by atoms with Gasteiger partial charge in [0.05, 0.1) is 12.2 Å². The number of rotatable bonds is 3. The molecule has 1 aliphatic heterocycles. The number of aromatic nitrogens is 5. The highest BCUT2D eigenvalue weighted by molar-refractivity contribution is 7.15. The molecule has 4 heterocycles. The fourth-order valence-corrected chi connectivity index (χ4v) is 3.74. The van der Waals surface area contributed by atoms with E-state index in [9.17, 15) is 4.79 Å². The zero-order valence-corrected chi connectivity index (χ0v) is 13.0. The second-order valence-electron chi connectivity index (χ2n) is 5.56. The van der Waals surface area contributed by atoms with E-state index in [-0.39, 0.29) is 5.56 Å².